The van der Waals surface area contributed by atoms with Crippen LogP contribution in [0.25, 0.3) is 0 Å². The molecule has 2 aromatic carbocycles. The van der Waals surface area contributed by atoms with E-state index in [0.717, 1.165) is 12.0 Å². The third-order valence-corrected chi connectivity index (χ3v) is 3.47. The first-order valence-corrected chi connectivity index (χ1v) is 7.00. The Morgan fingerprint density at radius 3 is 2.48 bits per heavy atom. The van der Waals surface area contributed by atoms with Gasteiger partial charge in [-0.05, 0) is 23.8 Å². The largest absolute Gasteiger partial charge is 0.490 e. The molecule has 4 nitrogen and oxygen atoms in total. The highest BCUT2D eigenvalue weighted by Crippen LogP contribution is 2.31. The van der Waals surface area contributed by atoms with Gasteiger partial charge < -0.3 is 15.2 Å². The molecular formula is C17H17NO3. The first-order valence-electron chi connectivity index (χ1n) is 7.00. The number of rotatable bonds is 3. The number of ether oxygens (including phenoxy) is 2. The summed E-state index contributed by atoms with van der Waals surface area (Å²) in [6.07, 6.45) is 0.835. The van der Waals surface area contributed by atoms with E-state index in [4.69, 9.17) is 15.2 Å². The van der Waals surface area contributed by atoms with Gasteiger partial charge in [0.05, 0.1) is 19.3 Å². The van der Waals surface area contributed by atoms with Gasteiger partial charge in [0.2, 0.25) is 0 Å². The SMILES string of the molecule is NC(C(=O)c1ccc2c(c1)OCCCO2)c1ccccc1. The average molecular weight is 283 g/mol. The minimum atomic E-state index is -0.670. The number of nitrogens with two attached hydrogens (primary N) is 1. The standard InChI is InChI=1S/C17H17NO3/c18-16(12-5-2-1-3-6-12)17(19)13-7-8-14-15(11-13)21-10-4-9-20-14/h1-3,5-8,11,16H,4,9-10,18H2. The fourth-order valence-corrected chi connectivity index (χ4v) is 2.31. The van der Waals surface area contributed by atoms with E-state index in [2.05, 4.69) is 0 Å². The summed E-state index contributed by atoms with van der Waals surface area (Å²) in [5, 5.41) is 0. The molecule has 108 valence electrons. The minimum Gasteiger partial charge on any atom is -0.490 e. The molecular weight excluding hydrogens is 266 g/mol. The Hall–Kier alpha value is -2.33. The molecule has 1 unspecified atom stereocenters. The summed E-state index contributed by atoms with van der Waals surface area (Å²) in [5.74, 6) is 1.16. The van der Waals surface area contributed by atoms with Crippen molar-refractivity contribution in [3.05, 3.63) is 59.7 Å². The van der Waals surface area contributed by atoms with Crippen molar-refractivity contribution in [2.75, 3.05) is 13.2 Å². The smallest absolute Gasteiger partial charge is 0.184 e. The van der Waals surface area contributed by atoms with Gasteiger partial charge in [-0.3, -0.25) is 4.79 Å². The van der Waals surface area contributed by atoms with Gasteiger partial charge in [-0.2, -0.15) is 0 Å². The Labute approximate surface area is 123 Å². The normalized spacial score (nSPS) is 15.1. The van der Waals surface area contributed by atoms with Crippen molar-refractivity contribution in [1.29, 1.82) is 0 Å². The quantitative estimate of drug-likeness (QED) is 0.880. The lowest BCUT2D eigenvalue weighted by Gasteiger charge is -2.13. The van der Waals surface area contributed by atoms with Gasteiger partial charge in [0, 0.05) is 12.0 Å². The van der Waals surface area contributed by atoms with Crippen molar-refractivity contribution in [2.45, 2.75) is 12.5 Å². The molecule has 0 bridgehead atoms. The Morgan fingerprint density at radius 2 is 1.71 bits per heavy atom. The monoisotopic (exact) mass is 283 g/mol. The van der Waals surface area contributed by atoms with E-state index in [1.807, 2.05) is 30.3 Å². The lowest BCUT2D eigenvalue weighted by molar-refractivity contribution is 0.0961. The molecule has 0 aliphatic carbocycles. The molecule has 1 aliphatic heterocycles. The van der Waals surface area contributed by atoms with Gasteiger partial charge in [0.1, 0.15) is 0 Å². The summed E-state index contributed by atoms with van der Waals surface area (Å²) in [4.78, 5) is 12.5. The van der Waals surface area contributed by atoms with Gasteiger partial charge in [0.25, 0.3) is 0 Å². The third kappa shape index (κ3) is 2.90. The lowest BCUT2D eigenvalue weighted by Crippen LogP contribution is -2.21. The van der Waals surface area contributed by atoms with Crippen LogP contribution >= 0.6 is 0 Å². The number of carbonyl (C=O) groups is 1. The van der Waals surface area contributed by atoms with Crippen LogP contribution in [0.1, 0.15) is 28.4 Å². The molecule has 0 fully saturated rings. The number of benzene rings is 2. The van der Waals surface area contributed by atoms with Crippen LogP contribution in [0.2, 0.25) is 0 Å². The van der Waals surface area contributed by atoms with Crippen LogP contribution in [-0.4, -0.2) is 19.0 Å². The van der Waals surface area contributed by atoms with E-state index in [9.17, 15) is 4.79 Å². The van der Waals surface area contributed by atoms with E-state index in [1.165, 1.54) is 0 Å². The minimum absolute atomic E-state index is 0.128. The van der Waals surface area contributed by atoms with Gasteiger partial charge in [0.15, 0.2) is 17.3 Å². The van der Waals surface area contributed by atoms with E-state index >= 15 is 0 Å². The first-order chi connectivity index (χ1) is 10.3. The van der Waals surface area contributed by atoms with Gasteiger partial charge in [-0.15, -0.1) is 0 Å². The van der Waals surface area contributed by atoms with E-state index < -0.39 is 6.04 Å². The van der Waals surface area contributed by atoms with Crippen LogP contribution < -0.4 is 15.2 Å². The van der Waals surface area contributed by atoms with Crippen molar-refractivity contribution >= 4 is 5.78 Å². The van der Waals surface area contributed by atoms with Crippen LogP contribution in [0.4, 0.5) is 0 Å². The first kappa shape index (κ1) is 13.6. The number of ketones is 1. The Bertz CT molecular complexity index is 640. The summed E-state index contributed by atoms with van der Waals surface area (Å²) in [5.41, 5.74) is 7.39. The predicted octanol–water partition coefficient (Wildman–Crippen LogP) is 2.73. The van der Waals surface area contributed by atoms with E-state index in [-0.39, 0.29) is 5.78 Å². The molecule has 1 atom stereocenters. The molecule has 2 N–H and O–H groups in total. The molecule has 4 heteroatoms. The lowest BCUT2D eigenvalue weighted by atomic mass is 9.98. The summed E-state index contributed by atoms with van der Waals surface area (Å²) in [7, 11) is 0. The van der Waals surface area contributed by atoms with Crippen molar-refractivity contribution < 1.29 is 14.3 Å². The van der Waals surface area contributed by atoms with Crippen molar-refractivity contribution in [3.63, 3.8) is 0 Å². The van der Waals surface area contributed by atoms with E-state index in [1.54, 1.807) is 18.2 Å². The maximum atomic E-state index is 12.5. The fourth-order valence-electron chi connectivity index (χ4n) is 2.31. The van der Waals surface area contributed by atoms with Crippen LogP contribution in [0.5, 0.6) is 11.5 Å². The molecule has 0 radical (unpaired) electrons. The molecule has 3 rings (SSSR count). The van der Waals surface area contributed by atoms with Crippen molar-refractivity contribution in [3.8, 4) is 11.5 Å². The maximum Gasteiger partial charge on any atom is 0.184 e. The maximum absolute atomic E-state index is 12.5. The molecule has 21 heavy (non-hydrogen) atoms. The number of fused-ring (bicyclic) bond motifs is 1. The van der Waals surface area contributed by atoms with Crippen LogP contribution in [0.15, 0.2) is 48.5 Å². The van der Waals surface area contributed by atoms with Crippen molar-refractivity contribution in [2.24, 2.45) is 5.73 Å². The molecule has 0 aromatic heterocycles. The second-order valence-electron chi connectivity index (χ2n) is 4.96. The number of hydrogen-bond donors (Lipinski definition) is 1. The molecule has 0 saturated heterocycles. The van der Waals surface area contributed by atoms with Crippen LogP contribution in [0.3, 0.4) is 0 Å². The number of hydrogen-bond acceptors (Lipinski definition) is 4. The van der Waals surface area contributed by atoms with Gasteiger partial charge in [-0.25, -0.2) is 0 Å². The predicted molar refractivity (Wildman–Crippen MR) is 79.7 cm³/mol. The summed E-state index contributed by atoms with van der Waals surface area (Å²) in [6.45, 7) is 1.22. The molecule has 2 aromatic rings. The van der Waals surface area contributed by atoms with Crippen molar-refractivity contribution in [1.82, 2.24) is 0 Å². The molecule has 0 spiro atoms. The fraction of sp³-hybridized carbons (Fsp3) is 0.235. The summed E-state index contributed by atoms with van der Waals surface area (Å²) >= 11 is 0. The van der Waals surface area contributed by atoms with Crippen LogP contribution in [-0.2, 0) is 0 Å². The number of Topliss-reactive ketones (excluding diaryl/α,β-unsaturated/α-hetero) is 1. The van der Waals surface area contributed by atoms with E-state index in [0.29, 0.717) is 30.3 Å². The summed E-state index contributed by atoms with van der Waals surface area (Å²) in [6, 6.07) is 13.9. The van der Waals surface area contributed by atoms with Gasteiger partial charge in [-0.1, -0.05) is 30.3 Å². The summed E-state index contributed by atoms with van der Waals surface area (Å²) < 4.78 is 11.2. The molecule has 1 aliphatic rings. The highest BCUT2D eigenvalue weighted by molar-refractivity contribution is 6.01. The topological polar surface area (TPSA) is 61.6 Å². The Morgan fingerprint density at radius 1 is 1.00 bits per heavy atom. The highest BCUT2D eigenvalue weighted by Gasteiger charge is 2.20. The van der Waals surface area contributed by atoms with Gasteiger partial charge >= 0.3 is 0 Å². The average Bonchev–Trinajstić information content (AvgIpc) is 2.79. The molecule has 0 saturated carbocycles. The van der Waals surface area contributed by atoms with Crippen LogP contribution in [0, 0.1) is 0 Å². The molecule has 1 heterocycles. The number of carbonyl (C=O) groups excluding carboxylic acids is 1. The zero-order valence-electron chi connectivity index (χ0n) is 11.6. The zero-order valence-corrected chi connectivity index (χ0v) is 11.6. The molecule has 0 amide bonds. The second kappa shape index (κ2) is 5.97. The Kier molecular flexibility index (Phi) is 3.88. The Balaban J connectivity index is 1.86. The third-order valence-electron chi connectivity index (χ3n) is 3.47. The second-order valence-corrected chi connectivity index (χ2v) is 4.96. The zero-order chi connectivity index (χ0) is 14.7. The highest BCUT2D eigenvalue weighted by atomic mass is 16.5.